The van der Waals surface area contributed by atoms with Gasteiger partial charge in [0.25, 0.3) is 5.56 Å². The Morgan fingerprint density at radius 3 is 2.65 bits per heavy atom. The van der Waals surface area contributed by atoms with E-state index in [1.54, 1.807) is 6.07 Å². The van der Waals surface area contributed by atoms with Gasteiger partial charge in [0.05, 0.1) is 14.9 Å². The van der Waals surface area contributed by atoms with Crippen molar-refractivity contribution in [1.82, 2.24) is 9.47 Å². The molecule has 0 radical (unpaired) electrons. The Labute approximate surface area is 136 Å². The van der Waals surface area contributed by atoms with Gasteiger partial charge in [-0.25, -0.2) is 0 Å². The summed E-state index contributed by atoms with van der Waals surface area (Å²) in [5, 5.41) is 0. The van der Waals surface area contributed by atoms with Gasteiger partial charge in [-0.3, -0.25) is 9.69 Å². The molecule has 3 unspecified atom stereocenters. The molecule has 1 N–H and O–H groups in total. The number of halogens is 1. The van der Waals surface area contributed by atoms with Crippen molar-refractivity contribution in [2.45, 2.75) is 44.2 Å². The van der Waals surface area contributed by atoms with Gasteiger partial charge < -0.3 is 4.57 Å². The topological polar surface area (TPSA) is 115 Å². The number of nitrogens with zero attached hydrogens (tertiary/aromatic N) is 2. The largest absolute Gasteiger partial charge is 0.312 e. The third-order valence-corrected chi connectivity index (χ3v) is 5.17. The highest BCUT2D eigenvalue weighted by molar-refractivity contribution is 5.18. The highest BCUT2D eigenvalue weighted by atomic mass is 35.7. The van der Waals surface area contributed by atoms with Crippen LogP contribution in [0.15, 0.2) is 23.0 Å². The average Bonchev–Trinajstić information content (AvgIpc) is 2.47. The van der Waals surface area contributed by atoms with Crippen LogP contribution in [0, 0.1) is 16.2 Å². The number of piperidine rings is 2. The molecule has 0 amide bonds. The van der Waals surface area contributed by atoms with Crippen molar-refractivity contribution in [3.05, 3.63) is 34.2 Å². The van der Waals surface area contributed by atoms with Gasteiger partial charge in [0.2, 0.25) is 0 Å². The highest BCUT2D eigenvalue weighted by Crippen LogP contribution is 2.41. The van der Waals surface area contributed by atoms with Crippen LogP contribution in [0.4, 0.5) is 0 Å². The van der Waals surface area contributed by atoms with Crippen LogP contribution < -0.4 is 19.5 Å². The summed E-state index contributed by atoms with van der Waals surface area (Å²) >= 11 is 0. The Balaban J connectivity index is 0.000000276. The van der Waals surface area contributed by atoms with Crippen LogP contribution in [-0.4, -0.2) is 33.3 Å². The zero-order chi connectivity index (χ0) is 16.6. The molecule has 0 aromatic carbocycles. The van der Waals surface area contributed by atoms with Gasteiger partial charge >= 0.3 is 0 Å². The van der Waals surface area contributed by atoms with E-state index in [9.17, 15) is 4.79 Å². The molecule has 0 aliphatic carbocycles. The third-order valence-electron chi connectivity index (χ3n) is 5.17. The maximum atomic E-state index is 12.0. The lowest BCUT2D eigenvalue weighted by Gasteiger charge is -2.50. The molecule has 1 aromatic heterocycles. The lowest BCUT2D eigenvalue weighted by atomic mass is 9.75. The van der Waals surface area contributed by atoms with Crippen LogP contribution in [0.5, 0.6) is 0 Å². The molecule has 4 rings (SSSR count). The van der Waals surface area contributed by atoms with E-state index in [0.717, 1.165) is 12.6 Å². The van der Waals surface area contributed by atoms with Crippen molar-refractivity contribution in [2.75, 3.05) is 13.1 Å². The van der Waals surface area contributed by atoms with Crippen molar-refractivity contribution >= 4 is 0 Å². The Kier molecular flexibility index (Phi) is 4.78. The molecule has 2 bridgehead atoms. The van der Waals surface area contributed by atoms with Crippen molar-refractivity contribution < 1.29 is 28.9 Å². The summed E-state index contributed by atoms with van der Waals surface area (Å²) < 4.78 is 34.8. The highest BCUT2D eigenvalue weighted by Gasteiger charge is 2.41. The molecule has 3 atom stereocenters. The molecular weight excluding hydrogens is 324 g/mol. The zero-order valence-corrected chi connectivity index (χ0v) is 13.5. The number of aromatic nitrogens is 1. The Morgan fingerprint density at radius 1 is 1.17 bits per heavy atom. The van der Waals surface area contributed by atoms with E-state index >= 15 is 0 Å². The van der Waals surface area contributed by atoms with Gasteiger partial charge in [-0.05, 0) is 37.8 Å². The van der Waals surface area contributed by atoms with Gasteiger partial charge in [0, 0.05) is 36.8 Å². The van der Waals surface area contributed by atoms with Crippen LogP contribution >= 0.6 is 0 Å². The summed E-state index contributed by atoms with van der Waals surface area (Å²) in [5.74, 6) is 1.30. The summed E-state index contributed by atoms with van der Waals surface area (Å²) in [6.45, 7) is 3.39. The van der Waals surface area contributed by atoms with Crippen molar-refractivity contribution in [1.29, 1.82) is 0 Å². The number of hydrogen-bond donors (Lipinski definition) is 1. The van der Waals surface area contributed by atoms with Crippen LogP contribution in [-0.2, 0) is 6.54 Å². The smallest absolute Gasteiger partial charge is 0.250 e. The second kappa shape index (κ2) is 6.51. The summed E-state index contributed by atoms with van der Waals surface area (Å²) in [5.41, 5.74) is 1.48. The maximum Gasteiger partial charge on any atom is 0.250 e. The second-order valence-electron chi connectivity index (χ2n) is 6.55. The van der Waals surface area contributed by atoms with Gasteiger partial charge in [0.1, 0.15) is 0 Å². The lowest BCUT2D eigenvalue weighted by Crippen LogP contribution is -2.58. The molecule has 23 heavy (non-hydrogen) atoms. The molecule has 3 aliphatic rings. The van der Waals surface area contributed by atoms with Gasteiger partial charge in [0.15, 0.2) is 0 Å². The first kappa shape index (κ1) is 16.9. The van der Waals surface area contributed by atoms with E-state index in [-0.39, 0.29) is 5.56 Å². The van der Waals surface area contributed by atoms with Gasteiger partial charge in [-0.1, -0.05) is 12.5 Å². The molecular formula is C15H21ClN2O5. The summed E-state index contributed by atoms with van der Waals surface area (Å²) in [6, 6.07) is 6.54. The second-order valence-corrected chi connectivity index (χ2v) is 7.34. The van der Waals surface area contributed by atoms with Crippen molar-refractivity contribution in [3.63, 3.8) is 0 Å². The first-order chi connectivity index (χ1) is 10.8. The predicted octanol–water partition coefficient (Wildman–Crippen LogP) is -2.30. The monoisotopic (exact) mass is 344 g/mol. The van der Waals surface area contributed by atoms with E-state index in [1.165, 1.54) is 44.5 Å². The maximum absolute atomic E-state index is 12.0. The van der Waals surface area contributed by atoms with E-state index < -0.39 is 10.2 Å². The molecule has 0 saturated carbocycles. The fourth-order valence-electron chi connectivity index (χ4n) is 4.39. The summed E-state index contributed by atoms with van der Waals surface area (Å²) in [7, 11) is -4.69. The predicted molar refractivity (Wildman–Crippen MR) is 73.0 cm³/mol. The standard InChI is InChI=1S/C15H20N2O.ClHO4/c18-15-6-3-5-14-11-8-12(10-17(14)15)13-4-1-2-7-16(13)9-11;2-1(3,4)5/h3,5-6,11-13H,1-2,4,7-10H2;(H,2,3,4,5). The van der Waals surface area contributed by atoms with Crippen LogP contribution in [0.2, 0.25) is 0 Å². The molecule has 128 valence electrons. The van der Waals surface area contributed by atoms with E-state index in [1.807, 2.05) is 10.6 Å². The number of fused-ring (bicyclic) bond motifs is 6. The number of pyridine rings is 1. The molecule has 3 aliphatic heterocycles. The first-order valence-corrected chi connectivity index (χ1v) is 9.16. The molecule has 2 saturated heterocycles. The Morgan fingerprint density at radius 2 is 1.91 bits per heavy atom. The van der Waals surface area contributed by atoms with Crippen molar-refractivity contribution in [3.8, 4) is 0 Å². The SMILES string of the molecule is O=c1cccc2n1CC1CC2CN2CCCCC12.[O-][Cl+3]([O-])([O-])O. The lowest BCUT2D eigenvalue weighted by molar-refractivity contribution is -1.92. The zero-order valence-electron chi connectivity index (χ0n) is 12.8. The number of hydrogen-bond acceptors (Lipinski definition) is 6. The minimum atomic E-state index is -4.69. The quantitative estimate of drug-likeness (QED) is 0.566. The molecule has 4 heterocycles. The third kappa shape index (κ3) is 3.93. The first-order valence-electron chi connectivity index (χ1n) is 7.90. The molecule has 7 nitrogen and oxygen atoms in total. The van der Waals surface area contributed by atoms with E-state index in [2.05, 4.69) is 11.0 Å². The Bertz CT molecular complexity index is 609. The van der Waals surface area contributed by atoms with E-state index in [4.69, 9.17) is 18.6 Å². The molecule has 2 fully saturated rings. The summed E-state index contributed by atoms with van der Waals surface area (Å²) in [4.78, 5) is 14.7. The van der Waals surface area contributed by atoms with Gasteiger partial charge in [-0.2, -0.15) is 14.0 Å². The van der Waals surface area contributed by atoms with Crippen LogP contribution in [0.3, 0.4) is 0 Å². The Hall–Kier alpha value is -0.960. The minimum Gasteiger partial charge on any atom is -0.312 e. The molecule has 1 aromatic rings. The van der Waals surface area contributed by atoms with Crippen LogP contribution in [0.25, 0.3) is 0 Å². The van der Waals surface area contributed by atoms with Gasteiger partial charge in [-0.15, -0.1) is 0 Å². The summed E-state index contributed by atoms with van der Waals surface area (Å²) in [6.07, 6.45) is 5.37. The minimum absolute atomic E-state index is 0.200. The van der Waals surface area contributed by atoms with Crippen LogP contribution in [0.1, 0.15) is 37.3 Å². The fourth-order valence-corrected chi connectivity index (χ4v) is 4.39. The molecule has 0 spiro atoms. The van der Waals surface area contributed by atoms with Crippen molar-refractivity contribution in [2.24, 2.45) is 5.92 Å². The number of rotatable bonds is 0. The van der Waals surface area contributed by atoms with E-state index in [0.29, 0.717) is 11.8 Å². The normalized spacial score (nSPS) is 29.8. The fraction of sp³-hybridized carbons (Fsp3) is 0.667. The molecule has 8 heteroatoms. The average molecular weight is 345 g/mol.